The molecule has 0 aliphatic carbocycles. The van der Waals surface area contributed by atoms with Crippen LogP contribution in [0.4, 0.5) is 0 Å². The molecule has 1 heterocycles. The minimum absolute atomic E-state index is 0.146. The van der Waals surface area contributed by atoms with Crippen molar-refractivity contribution in [3.8, 4) is 5.75 Å². The average molecular weight is 367 g/mol. The van der Waals surface area contributed by atoms with Gasteiger partial charge < -0.3 is 15.0 Å². The standard InChI is InChI=1S/C23H30N2O2/c1-19-8-5-6-11-22(19)27-17-7-14-25-15-12-21(13-16-25)23(26)24-18-20-9-3-2-4-10-20/h2-6,8-11,21H,7,12-18H2,1H3,(H,24,26). The first-order valence-corrected chi connectivity index (χ1v) is 9.95. The highest BCUT2D eigenvalue weighted by Crippen LogP contribution is 2.19. The van der Waals surface area contributed by atoms with E-state index in [4.69, 9.17) is 4.74 Å². The number of hydrogen-bond acceptors (Lipinski definition) is 3. The lowest BCUT2D eigenvalue weighted by atomic mass is 9.95. The lowest BCUT2D eigenvalue weighted by Gasteiger charge is -2.31. The molecule has 0 atom stereocenters. The number of benzene rings is 2. The van der Waals surface area contributed by atoms with Gasteiger partial charge in [-0.05, 0) is 56.5 Å². The Kier molecular flexibility index (Phi) is 7.28. The first kappa shape index (κ1) is 19.4. The van der Waals surface area contributed by atoms with Gasteiger partial charge in [-0.15, -0.1) is 0 Å². The molecule has 1 N–H and O–H groups in total. The summed E-state index contributed by atoms with van der Waals surface area (Å²) in [5, 5.41) is 3.08. The summed E-state index contributed by atoms with van der Waals surface area (Å²) >= 11 is 0. The van der Waals surface area contributed by atoms with E-state index in [1.165, 1.54) is 5.56 Å². The van der Waals surface area contributed by atoms with Crippen molar-refractivity contribution in [1.29, 1.82) is 0 Å². The first-order chi connectivity index (χ1) is 13.2. The Balaban J connectivity index is 1.30. The third-order valence-corrected chi connectivity index (χ3v) is 5.24. The fourth-order valence-electron chi connectivity index (χ4n) is 3.54. The summed E-state index contributed by atoms with van der Waals surface area (Å²) in [6.07, 6.45) is 2.90. The van der Waals surface area contributed by atoms with Gasteiger partial charge in [0.1, 0.15) is 5.75 Å². The van der Waals surface area contributed by atoms with Crippen molar-refractivity contribution in [1.82, 2.24) is 10.2 Å². The van der Waals surface area contributed by atoms with E-state index < -0.39 is 0 Å². The van der Waals surface area contributed by atoms with Crippen molar-refractivity contribution in [2.45, 2.75) is 32.7 Å². The normalized spacial score (nSPS) is 15.4. The Morgan fingerprint density at radius 1 is 1.07 bits per heavy atom. The summed E-state index contributed by atoms with van der Waals surface area (Å²) in [6.45, 7) is 6.45. The van der Waals surface area contributed by atoms with Crippen LogP contribution in [-0.2, 0) is 11.3 Å². The second-order valence-corrected chi connectivity index (χ2v) is 7.29. The van der Waals surface area contributed by atoms with E-state index in [1.807, 2.05) is 48.5 Å². The number of nitrogens with zero attached hydrogens (tertiary/aromatic N) is 1. The summed E-state index contributed by atoms with van der Waals surface area (Å²) in [6, 6.07) is 18.2. The third kappa shape index (κ3) is 6.10. The molecular weight excluding hydrogens is 336 g/mol. The Labute approximate surface area is 162 Å². The van der Waals surface area contributed by atoms with Crippen molar-refractivity contribution < 1.29 is 9.53 Å². The van der Waals surface area contributed by atoms with Crippen LogP contribution < -0.4 is 10.1 Å². The molecule has 0 spiro atoms. The Bertz CT molecular complexity index is 709. The first-order valence-electron chi connectivity index (χ1n) is 9.95. The smallest absolute Gasteiger partial charge is 0.223 e. The van der Waals surface area contributed by atoms with Crippen molar-refractivity contribution in [2.75, 3.05) is 26.2 Å². The molecule has 1 amide bonds. The summed E-state index contributed by atoms with van der Waals surface area (Å²) in [5.41, 5.74) is 2.33. The number of para-hydroxylation sites is 1. The molecule has 1 fully saturated rings. The van der Waals surface area contributed by atoms with Crippen molar-refractivity contribution in [3.05, 3.63) is 65.7 Å². The molecule has 3 rings (SSSR count). The zero-order chi connectivity index (χ0) is 18.9. The van der Waals surface area contributed by atoms with E-state index in [2.05, 4.69) is 23.2 Å². The quantitative estimate of drug-likeness (QED) is 0.723. The van der Waals surface area contributed by atoms with E-state index in [0.717, 1.165) is 56.8 Å². The van der Waals surface area contributed by atoms with Crippen LogP contribution >= 0.6 is 0 Å². The number of aryl methyl sites for hydroxylation is 1. The van der Waals surface area contributed by atoms with Crippen molar-refractivity contribution >= 4 is 5.91 Å². The number of ether oxygens (including phenoxy) is 1. The lowest BCUT2D eigenvalue weighted by molar-refractivity contribution is -0.126. The van der Waals surface area contributed by atoms with Crippen LogP contribution in [0.5, 0.6) is 5.75 Å². The largest absolute Gasteiger partial charge is 0.493 e. The zero-order valence-corrected chi connectivity index (χ0v) is 16.2. The van der Waals surface area contributed by atoms with E-state index in [0.29, 0.717) is 6.54 Å². The zero-order valence-electron chi connectivity index (χ0n) is 16.2. The molecule has 144 valence electrons. The van der Waals surface area contributed by atoms with Gasteiger partial charge in [0, 0.05) is 19.0 Å². The van der Waals surface area contributed by atoms with Crippen LogP contribution in [-0.4, -0.2) is 37.0 Å². The topological polar surface area (TPSA) is 41.6 Å². The highest BCUT2D eigenvalue weighted by molar-refractivity contribution is 5.78. The minimum atomic E-state index is 0.146. The number of nitrogens with one attached hydrogen (secondary N) is 1. The van der Waals surface area contributed by atoms with Crippen LogP contribution in [0.15, 0.2) is 54.6 Å². The average Bonchev–Trinajstić information content (AvgIpc) is 2.72. The molecule has 0 saturated carbocycles. The molecule has 1 saturated heterocycles. The number of piperidine rings is 1. The van der Waals surface area contributed by atoms with Gasteiger partial charge >= 0.3 is 0 Å². The highest BCUT2D eigenvalue weighted by atomic mass is 16.5. The molecule has 2 aromatic rings. The van der Waals surface area contributed by atoms with Gasteiger partial charge in [0.25, 0.3) is 0 Å². The molecule has 0 bridgehead atoms. The maximum absolute atomic E-state index is 12.4. The summed E-state index contributed by atoms with van der Waals surface area (Å²) < 4.78 is 5.87. The predicted molar refractivity (Wildman–Crippen MR) is 109 cm³/mol. The molecule has 0 aromatic heterocycles. The fourth-order valence-corrected chi connectivity index (χ4v) is 3.54. The Morgan fingerprint density at radius 2 is 1.78 bits per heavy atom. The van der Waals surface area contributed by atoms with Gasteiger partial charge in [0.2, 0.25) is 5.91 Å². The van der Waals surface area contributed by atoms with E-state index >= 15 is 0 Å². The second kappa shape index (κ2) is 10.1. The summed E-state index contributed by atoms with van der Waals surface area (Å²) in [4.78, 5) is 14.8. The molecule has 0 unspecified atom stereocenters. The second-order valence-electron chi connectivity index (χ2n) is 7.29. The molecule has 1 aliphatic heterocycles. The van der Waals surface area contributed by atoms with E-state index in [-0.39, 0.29) is 11.8 Å². The van der Waals surface area contributed by atoms with Crippen LogP contribution in [0.25, 0.3) is 0 Å². The lowest BCUT2D eigenvalue weighted by Crippen LogP contribution is -2.40. The number of rotatable bonds is 8. The Morgan fingerprint density at radius 3 is 2.52 bits per heavy atom. The molecule has 2 aromatic carbocycles. The fraction of sp³-hybridized carbons (Fsp3) is 0.435. The molecule has 0 radical (unpaired) electrons. The third-order valence-electron chi connectivity index (χ3n) is 5.24. The molecule has 4 nitrogen and oxygen atoms in total. The van der Waals surface area contributed by atoms with Crippen LogP contribution in [0.2, 0.25) is 0 Å². The number of carbonyl (C=O) groups is 1. The molecule has 4 heteroatoms. The van der Waals surface area contributed by atoms with Gasteiger partial charge in [-0.25, -0.2) is 0 Å². The van der Waals surface area contributed by atoms with Gasteiger partial charge in [-0.2, -0.15) is 0 Å². The summed E-state index contributed by atoms with van der Waals surface area (Å²) in [5.74, 6) is 1.32. The van der Waals surface area contributed by atoms with Gasteiger partial charge in [0.15, 0.2) is 0 Å². The molecule has 27 heavy (non-hydrogen) atoms. The number of hydrogen-bond donors (Lipinski definition) is 1. The van der Waals surface area contributed by atoms with Crippen molar-refractivity contribution in [3.63, 3.8) is 0 Å². The Hall–Kier alpha value is -2.33. The number of likely N-dealkylation sites (tertiary alicyclic amines) is 1. The van der Waals surface area contributed by atoms with Crippen LogP contribution in [0.1, 0.15) is 30.4 Å². The maximum atomic E-state index is 12.4. The van der Waals surface area contributed by atoms with Gasteiger partial charge in [0.05, 0.1) is 6.61 Å². The van der Waals surface area contributed by atoms with Crippen LogP contribution in [0.3, 0.4) is 0 Å². The van der Waals surface area contributed by atoms with E-state index in [1.54, 1.807) is 0 Å². The minimum Gasteiger partial charge on any atom is -0.493 e. The predicted octanol–water partition coefficient (Wildman–Crippen LogP) is 3.79. The van der Waals surface area contributed by atoms with Gasteiger partial charge in [-0.1, -0.05) is 48.5 Å². The molecular formula is C23H30N2O2. The highest BCUT2D eigenvalue weighted by Gasteiger charge is 2.24. The van der Waals surface area contributed by atoms with Gasteiger partial charge in [-0.3, -0.25) is 4.79 Å². The monoisotopic (exact) mass is 366 g/mol. The number of amides is 1. The molecule has 1 aliphatic rings. The SMILES string of the molecule is Cc1ccccc1OCCCN1CCC(C(=O)NCc2ccccc2)CC1. The van der Waals surface area contributed by atoms with Crippen molar-refractivity contribution in [2.24, 2.45) is 5.92 Å². The summed E-state index contributed by atoms with van der Waals surface area (Å²) in [7, 11) is 0. The number of carbonyl (C=O) groups excluding carboxylic acids is 1. The van der Waals surface area contributed by atoms with Crippen LogP contribution in [0, 0.1) is 12.8 Å². The van der Waals surface area contributed by atoms with E-state index in [9.17, 15) is 4.79 Å². The maximum Gasteiger partial charge on any atom is 0.223 e.